The summed E-state index contributed by atoms with van der Waals surface area (Å²) in [4.78, 5) is 3.80. The number of para-hydroxylation sites is 2. The van der Waals surface area contributed by atoms with Gasteiger partial charge in [-0.1, -0.05) is 135 Å². The SMILES string of the molecule is C=C(C)/C=C\C=C/C.CC1(C)c2c(ccc3ccccc23)-c2[nH]c3ccc(-c4ccc5c(c4)c4ccccc4n5-c4ccccc4)cc3c21. The maximum atomic E-state index is 3.80. The highest BCUT2D eigenvalue weighted by Crippen LogP contribution is 2.54. The highest BCUT2D eigenvalue weighted by molar-refractivity contribution is 6.11. The smallest absolute Gasteiger partial charge is 0.0541 e. The first-order valence-electron chi connectivity index (χ1n) is 17.1. The lowest BCUT2D eigenvalue weighted by Gasteiger charge is -2.23. The number of hydrogen-bond donors (Lipinski definition) is 1. The standard InChI is InChI=1S/C39H28N2.C8H12/c1-39(2)36-28-13-7-6-10-24(28)16-19-30(36)38-37(39)32-23-25(17-20-33(32)40-38)26-18-21-35-31(22-26)29-14-8-9-15-34(29)41(35)27-11-4-3-5-12-27;1-4-5-6-7-8(2)3/h3-23,40H,1-2H3;4-7H,2H2,1,3H3/b;5-4-,7-6-. The average molecular weight is 633 g/mol. The quantitative estimate of drug-likeness (QED) is 0.186. The summed E-state index contributed by atoms with van der Waals surface area (Å²) in [6, 6.07) is 46.6. The van der Waals surface area contributed by atoms with Gasteiger partial charge in [0.2, 0.25) is 0 Å². The number of rotatable bonds is 4. The molecule has 1 N–H and O–H groups in total. The van der Waals surface area contributed by atoms with Crippen LogP contribution >= 0.6 is 0 Å². The molecule has 2 aromatic heterocycles. The largest absolute Gasteiger partial charge is 0.354 e. The molecule has 2 nitrogen and oxygen atoms in total. The summed E-state index contributed by atoms with van der Waals surface area (Å²) < 4.78 is 2.38. The number of benzene rings is 6. The third-order valence-corrected chi connectivity index (χ3v) is 9.95. The minimum atomic E-state index is -0.102. The van der Waals surface area contributed by atoms with Gasteiger partial charge in [0.15, 0.2) is 0 Å². The molecule has 0 aliphatic heterocycles. The Morgan fingerprint density at radius 1 is 0.653 bits per heavy atom. The van der Waals surface area contributed by atoms with E-state index in [-0.39, 0.29) is 5.41 Å². The third-order valence-electron chi connectivity index (χ3n) is 9.95. The van der Waals surface area contributed by atoms with Crippen LogP contribution in [0.15, 0.2) is 164 Å². The van der Waals surface area contributed by atoms with Crippen LogP contribution in [0.5, 0.6) is 0 Å². The molecule has 0 unspecified atom stereocenters. The predicted octanol–water partition coefficient (Wildman–Crippen LogP) is 13.1. The number of aromatic nitrogens is 2. The van der Waals surface area contributed by atoms with Gasteiger partial charge >= 0.3 is 0 Å². The Kier molecular flexibility index (Phi) is 7.45. The van der Waals surface area contributed by atoms with Crippen molar-refractivity contribution >= 4 is 43.5 Å². The van der Waals surface area contributed by atoms with Crippen LogP contribution in [0.25, 0.3) is 71.6 Å². The summed E-state index contributed by atoms with van der Waals surface area (Å²) >= 11 is 0. The number of allylic oxidation sites excluding steroid dienone is 5. The van der Waals surface area contributed by atoms with Crippen LogP contribution in [-0.4, -0.2) is 9.55 Å². The molecule has 2 heteroatoms. The van der Waals surface area contributed by atoms with E-state index in [0.29, 0.717) is 0 Å². The Hall–Kier alpha value is -5.86. The van der Waals surface area contributed by atoms with Crippen LogP contribution < -0.4 is 0 Å². The molecule has 0 atom stereocenters. The number of nitrogens with one attached hydrogen (secondary N) is 1. The van der Waals surface area contributed by atoms with Crippen LogP contribution in [0.3, 0.4) is 0 Å². The second-order valence-corrected chi connectivity index (χ2v) is 13.6. The molecule has 0 radical (unpaired) electrons. The Morgan fingerprint density at radius 3 is 2.10 bits per heavy atom. The van der Waals surface area contributed by atoms with Gasteiger partial charge in [-0.05, 0) is 89.3 Å². The fourth-order valence-corrected chi connectivity index (χ4v) is 7.84. The highest BCUT2D eigenvalue weighted by Gasteiger charge is 2.39. The van der Waals surface area contributed by atoms with Gasteiger partial charge in [0.05, 0.1) is 16.7 Å². The second kappa shape index (κ2) is 12.0. The maximum absolute atomic E-state index is 3.80. The van der Waals surface area contributed by atoms with Crippen molar-refractivity contribution < 1.29 is 0 Å². The summed E-state index contributed by atoms with van der Waals surface area (Å²) in [6.07, 6.45) is 7.91. The monoisotopic (exact) mass is 632 g/mol. The highest BCUT2D eigenvalue weighted by atomic mass is 15.0. The Morgan fingerprint density at radius 2 is 1.33 bits per heavy atom. The van der Waals surface area contributed by atoms with Crippen molar-refractivity contribution in [2.45, 2.75) is 33.1 Å². The van der Waals surface area contributed by atoms with Crippen molar-refractivity contribution in [3.8, 4) is 28.1 Å². The second-order valence-electron chi connectivity index (χ2n) is 13.6. The molecule has 0 saturated carbocycles. The van der Waals surface area contributed by atoms with Crippen molar-refractivity contribution in [2.24, 2.45) is 0 Å². The molecule has 1 aliphatic carbocycles. The molecule has 1 aliphatic rings. The summed E-state index contributed by atoms with van der Waals surface area (Å²) in [5.41, 5.74) is 13.8. The number of H-pyrrole nitrogens is 1. The fourth-order valence-electron chi connectivity index (χ4n) is 7.84. The van der Waals surface area contributed by atoms with E-state index in [0.717, 1.165) is 5.57 Å². The average Bonchev–Trinajstić information content (AvgIpc) is 3.74. The molecule has 6 aromatic carbocycles. The number of nitrogens with zero attached hydrogens (tertiary/aromatic N) is 1. The van der Waals surface area contributed by atoms with Crippen molar-refractivity contribution in [1.82, 2.24) is 9.55 Å². The zero-order valence-electron chi connectivity index (χ0n) is 28.6. The van der Waals surface area contributed by atoms with E-state index in [1.165, 1.54) is 82.7 Å². The first kappa shape index (κ1) is 30.5. The molecule has 8 aromatic rings. The zero-order valence-corrected chi connectivity index (χ0v) is 28.6. The van der Waals surface area contributed by atoms with Gasteiger partial charge in [0.25, 0.3) is 0 Å². The summed E-state index contributed by atoms with van der Waals surface area (Å²) in [5, 5.41) is 6.53. The van der Waals surface area contributed by atoms with Gasteiger partial charge in [-0.15, -0.1) is 0 Å². The summed E-state index contributed by atoms with van der Waals surface area (Å²) in [7, 11) is 0. The van der Waals surface area contributed by atoms with E-state index in [1.54, 1.807) is 0 Å². The molecular formula is C47H40N2. The minimum absolute atomic E-state index is 0.102. The van der Waals surface area contributed by atoms with Crippen LogP contribution in [0.2, 0.25) is 0 Å². The number of aromatic amines is 1. The topological polar surface area (TPSA) is 20.7 Å². The summed E-state index contributed by atoms with van der Waals surface area (Å²) in [5.74, 6) is 0. The lowest BCUT2D eigenvalue weighted by molar-refractivity contribution is 0.672. The molecule has 0 fully saturated rings. The van der Waals surface area contributed by atoms with Crippen molar-refractivity contribution in [3.63, 3.8) is 0 Å². The first-order chi connectivity index (χ1) is 23.9. The lowest BCUT2D eigenvalue weighted by Crippen LogP contribution is -2.15. The van der Waals surface area contributed by atoms with Crippen LogP contribution in [0.4, 0.5) is 0 Å². The van der Waals surface area contributed by atoms with Gasteiger partial charge in [0.1, 0.15) is 0 Å². The van der Waals surface area contributed by atoms with Crippen molar-refractivity contribution in [3.05, 3.63) is 175 Å². The van der Waals surface area contributed by atoms with Crippen LogP contribution in [0, 0.1) is 0 Å². The first-order valence-corrected chi connectivity index (χ1v) is 17.1. The fraction of sp³-hybridized carbons (Fsp3) is 0.106. The lowest BCUT2D eigenvalue weighted by atomic mass is 9.79. The maximum Gasteiger partial charge on any atom is 0.0541 e. The van der Waals surface area contributed by atoms with Gasteiger partial charge in [-0.25, -0.2) is 0 Å². The van der Waals surface area contributed by atoms with E-state index in [4.69, 9.17) is 0 Å². The molecule has 0 saturated heterocycles. The molecular weight excluding hydrogens is 593 g/mol. The Balaban J connectivity index is 0.000000392. The van der Waals surface area contributed by atoms with E-state index in [1.807, 2.05) is 38.2 Å². The number of fused-ring (bicyclic) bond motifs is 10. The molecule has 9 rings (SSSR count). The van der Waals surface area contributed by atoms with E-state index in [9.17, 15) is 0 Å². The molecule has 0 bridgehead atoms. The third kappa shape index (κ3) is 5.03. The Bertz CT molecular complexity index is 2600. The molecule has 238 valence electrons. The molecule has 0 amide bonds. The van der Waals surface area contributed by atoms with E-state index >= 15 is 0 Å². The predicted molar refractivity (Wildman–Crippen MR) is 212 cm³/mol. The zero-order chi connectivity index (χ0) is 33.7. The van der Waals surface area contributed by atoms with Gasteiger partial charge in [0, 0.05) is 38.3 Å². The van der Waals surface area contributed by atoms with Crippen molar-refractivity contribution in [1.29, 1.82) is 0 Å². The van der Waals surface area contributed by atoms with E-state index in [2.05, 4.69) is 157 Å². The summed E-state index contributed by atoms with van der Waals surface area (Å²) in [6.45, 7) is 12.4. The number of hydrogen-bond acceptors (Lipinski definition) is 0. The van der Waals surface area contributed by atoms with E-state index < -0.39 is 0 Å². The van der Waals surface area contributed by atoms with Crippen molar-refractivity contribution in [2.75, 3.05) is 0 Å². The van der Waals surface area contributed by atoms with Crippen LogP contribution in [0.1, 0.15) is 38.8 Å². The van der Waals surface area contributed by atoms with Gasteiger partial charge in [-0.2, -0.15) is 0 Å². The van der Waals surface area contributed by atoms with Gasteiger partial charge in [-0.3, -0.25) is 0 Å². The molecule has 49 heavy (non-hydrogen) atoms. The molecule has 2 heterocycles. The van der Waals surface area contributed by atoms with Gasteiger partial charge < -0.3 is 9.55 Å². The minimum Gasteiger partial charge on any atom is -0.354 e. The Labute approximate surface area is 288 Å². The van der Waals surface area contributed by atoms with Crippen LogP contribution in [-0.2, 0) is 5.41 Å². The molecule has 0 spiro atoms. The normalized spacial score (nSPS) is 13.4.